The van der Waals surface area contributed by atoms with E-state index in [4.69, 9.17) is 9.47 Å². The van der Waals surface area contributed by atoms with Gasteiger partial charge in [0.2, 0.25) is 0 Å². The van der Waals surface area contributed by atoms with E-state index in [0.717, 1.165) is 23.4 Å². The van der Waals surface area contributed by atoms with E-state index in [1.54, 1.807) is 18.2 Å². The van der Waals surface area contributed by atoms with Gasteiger partial charge in [0.15, 0.2) is 11.5 Å². The van der Waals surface area contributed by atoms with E-state index in [-0.39, 0.29) is 4.90 Å². The average molecular weight is 402 g/mol. The molecule has 0 unspecified atom stereocenters. The van der Waals surface area contributed by atoms with Gasteiger partial charge in [-0.3, -0.25) is 0 Å². The molecule has 0 radical (unpaired) electrons. The van der Waals surface area contributed by atoms with Crippen molar-refractivity contribution in [2.45, 2.75) is 16.4 Å². The molecule has 3 rings (SSSR count). The molecule has 3 aromatic rings. The summed E-state index contributed by atoms with van der Waals surface area (Å²) in [5, 5.41) is 9.22. The van der Waals surface area contributed by atoms with Gasteiger partial charge in [-0.25, -0.2) is 13.6 Å². The SMILES string of the molecule is COc1cc(Sc2c(F)cc(F)cc2C(=O)O)ccc1OCc1ccccc1. The number of methoxy groups -OCH3 is 1. The second-order valence-corrected chi connectivity index (χ2v) is 6.84. The zero-order chi connectivity index (χ0) is 20.1. The van der Waals surface area contributed by atoms with Crippen LogP contribution in [0.15, 0.2) is 70.5 Å². The highest BCUT2D eigenvalue weighted by Crippen LogP contribution is 2.38. The van der Waals surface area contributed by atoms with Crippen molar-refractivity contribution in [3.63, 3.8) is 0 Å². The maximum absolute atomic E-state index is 14.1. The Morgan fingerprint density at radius 2 is 1.79 bits per heavy atom. The Kier molecular flexibility index (Phi) is 6.16. The number of carbonyl (C=O) groups is 1. The number of ether oxygens (including phenoxy) is 2. The molecule has 0 aliphatic rings. The van der Waals surface area contributed by atoms with Crippen LogP contribution >= 0.6 is 11.8 Å². The summed E-state index contributed by atoms with van der Waals surface area (Å²) in [6, 6.07) is 16.0. The summed E-state index contributed by atoms with van der Waals surface area (Å²) in [6.45, 7) is 0.347. The van der Waals surface area contributed by atoms with Gasteiger partial charge in [-0.05, 0) is 29.8 Å². The summed E-state index contributed by atoms with van der Waals surface area (Å²) in [4.78, 5) is 11.7. The lowest BCUT2D eigenvalue weighted by Crippen LogP contribution is -2.02. The van der Waals surface area contributed by atoms with Gasteiger partial charge in [0.05, 0.1) is 17.6 Å². The summed E-state index contributed by atoms with van der Waals surface area (Å²) in [6.07, 6.45) is 0. The third-order valence-corrected chi connectivity index (χ3v) is 4.94. The molecule has 0 aliphatic carbocycles. The number of benzene rings is 3. The normalized spacial score (nSPS) is 10.5. The maximum Gasteiger partial charge on any atom is 0.337 e. The lowest BCUT2D eigenvalue weighted by Gasteiger charge is -2.13. The van der Waals surface area contributed by atoms with E-state index in [0.29, 0.717) is 29.1 Å². The molecule has 1 N–H and O–H groups in total. The maximum atomic E-state index is 14.1. The lowest BCUT2D eigenvalue weighted by atomic mass is 10.2. The Labute approximate surface area is 164 Å². The number of aromatic carboxylic acids is 1. The van der Waals surface area contributed by atoms with Crippen molar-refractivity contribution >= 4 is 17.7 Å². The number of hydrogen-bond donors (Lipinski definition) is 1. The fourth-order valence-corrected chi connectivity index (χ4v) is 3.46. The van der Waals surface area contributed by atoms with Gasteiger partial charge in [0.1, 0.15) is 18.2 Å². The van der Waals surface area contributed by atoms with Crippen molar-refractivity contribution in [1.82, 2.24) is 0 Å². The minimum atomic E-state index is -1.41. The van der Waals surface area contributed by atoms with E-state index in [9.17, 15) is 18.7 Å². The zero-order valence-corrected chi connectivity index (χ0v) is 15.6. The highest BCUT2D eigenvalue weighted by Gasteiger charge is 2.19. The van der Waals surface area contributed by atoms with Crippen LogP contribution in [0, 0.1) is 11.6 Å². The van der Waals surface area contributed by atoms with Gasteiger partial charge < -0.3 is 14.6 Å². The molecule has 0 saturated carbocycles. The van der Waals surface area contributed by atoms with Crippen LogP contribution in [0.5, 0.6) is 11.5 Å². The van der Waals surface area contributed by atoms with Crippen LogP contribution < -0.4 is 9.47 Å². The molecule has 0 saturated heterocycles. The van der Waals surface area contributed by atoms with Crippen LogP contribution in [0.3, 0.4) is 0 Å². The van der Waals surface area contributed by atoms with Crippen LogP contribution in [0.25, 0.3) is 0 Å². The molecule has 0 aromatic heterocycles. The van der Waals surface area contributed by atoms with Crippen molar-refractivity contribution in [2.75, 3.05) is 7.11 Å². The quantitative estimate of drug-likeness (QED) is 0.573. The Bertz CT molecular complexity index is 993. The van der Waals surface area contributed by atoms with Crippen molar-refractivity contribution in [3.8, 4) is 11.5 Å². The van der Waals surface area contributed by atoms with Crippen LogP contribution in [0.1, 0.15) is 15.9 Å². The second kappa shape index (κ2) is 8.75. The number of halogens is 2. The van der Waals surface area contributed by atoms with E-state index < -0.39 is 23.2 Å². The Hall–Kier alpha value is -3.06. The summed E-state index contributed by atoms with van der Waals surface area (Å²) in [5.74, 6) is -2.38. The molecule has 0 fully saturated rings. The van der Waals surface area contributed by atoms with E-state index in [2.05, 4.69) is 0 Å². The summed E-state index contributed by atoms with van der Waals surface area (Å²) in [7, 11) is 1.47. The van der Waals surface area contributed by atoms with Gasteiger partial charge in [-0.2, -0.15) is 0 Å². The Balaban J connectivity index is 1.84. The minimum absolute atomic E-state index is 0.172. The first-order chi connectivity index (χ1) is 13.5. The first-order valence-electron chi connectivity index (χ1n) is 8.23. The Morgan fingerprint density at radius 1 is 1.04 bits per heavy atom. The molecule has 7 heteroatoms. The highest BCUT2D eigenvalue weighted by atomic mass is 32.2. The van der Waals surface area contributed by atoms with Crippen LogP contribution in [-0.2, 0) is 6.61 Å². The fraction of sp³-hybridized carbons (Fsp3) is 0.0952. The molecule has 0 amide bonds. The van der Waals surface area contributed by atoms with E-state index in [1.807, 2.05) is 30.3 Å². The number of hydrogen-bond acceptors (Lipinski definition) is 4. The molecule has 0 spiro atoms. The van der Waals surface area contributed by atoms with Gasteiger partial charge in [-0.15, -0.1) is 0 Å². The summed E-state index contributed by atoms with van der Waals surface area (Å²) < 4.78 is 38.6. The largest absolute Gasteiger partial charge is 0.493 e. The summed E-state index contributed by atoms with van der Waals surface area (Å²) >= 11 is 0.873. The van der Waals surface area contributed by atoms with Crippen molar-refractivity contribution in [1.29, 1.82) is 0 Å². The molecular weight excluding hydrogens is 386 g/mol. The van der Waals surface area contributed by atoms with Crippen LogP contribution in [0.4, 0.5) is 8.78 Å². The van der Waals surface area contributed by atoms with Gasteiger partial charge in [0.25, 0.3) is 0 Å². The third-order valence-electron chi connectivity index (χ3n) is 3.83. The molecule has 144 valence electrons. The smallest absolute Gasteiger partial charge is 0.337 e. The monoisotopic (exact) mass is 402 g/mol. The number of carboxylic acids is 1. The van der Waals surface area contributed by atoms with Crippen molar-refractivity contribution in [3.05, 3.63) is 83.4 Å². The first-order valence-corrected chi connectivity index (χ1v) is 9.04. The topological polar surface area (TPSA) is 55.8 Å². The van der Waals surface area contributed by atoms with Crippen LogP contribution in [-0.4, -0.2) is 18.2 Å². The average Bonchev–Trinajstić information content (AvgIpc) is 2.69. The third kappa shape index (κ3) is 4.61. The molecule has 0 aliphatic heterocycles. The minimum Gasteiger partial charge on any atom is -0.493 e. The van der Waals surface area contributed by atoms with Crippen molar-refractivity contribution < 1.29 is 28.2 Å². The number of rotatable bonds is 7. The Morgan fingerprint density at radius 3 is 2.46 bits per heavy atom. The predicted molar refractivity (Wildman–Crippen MR) is 101 cm³/mol. The highest BCUT2D eigenvalue weighted by molar-refractivity contribution is 7.99. The summed E-state index contributed by atoms with van der Waals surface area (Å²) in [5.41, 5.74) is 0.549. The zero-order valence-electron chi connectivity index (χ0n) is 14.8. The molecule has 28 heavy (non-hydrogen) atoms. The molecular formula is C21H16F2O4S. The fourth-order valence-electron chi connectivity index (χ4n) is 2.51. The van der Waals surface area contributed by atoms with Gasteiger partial charge in [-0.1, -0.05) is 42.1 Å². The molecule has 0 atom stereocenters. The van der Waals surface area contributed by atoms with Crippen molar-refractivity contribution in [2.24, 2.45) is 0 Å². The molecule has 4 nitrogen and oxygen atoms in total. The van der Waals surface area contributed by atoms with E-state index in [1.165, 1.54) is 7.11 Å². The van der Waals surface area contributed by atoms with E-state index >= 15 is 0 Å². The molecule has 0 heterocycles. The lowest BCUT2D eigenvalue weighted by molar-refractivity contribution is 0.0691. The molecule has 0 bridgehead atoms. The van der Waals surface area contributed by atoms with Crippen LogP contribution in [0.2, 0.25) is 0 Å². The first kappa shape index (κ1) is 19.7. The molecule has 3 aromatic carbocycles. The standard InChI is InChI=1S/C21H16F2O4S/c1-26-19-11-15(7-8-18(19)27-12-13-5-3-2-4-6-13)28-20-16(21(24)25)9-14(22)10-17(20)23/h2-11H,12H2,1H3,(H,24,25). The second-order valence-electron chi connectivity index (χ2n) is 5.76. The predicted octanol–water partition coefficient (Wildman–Crippen LogP) is 5.40. The van der Waals surface area contributed by atoms with Gasteiger partial charge in [0, 0.05) is 11.0 Å². The number of carboxylic acid groups (broad SMARTS) is 1. The van der Waals surface area contributed by atoms with Gasteiger partial charge >= 0.3 is 5.97 Å².